The van der Waals surface area contributed by atoms with Gasteiger partial charge in [0.2, 0.25) is 0 Å². The van der Waals surface area contributed by atoms with E-state index in [1.165, 1.54) is 0 Å². The molecule has 0 amide bonds. The predicted molar refractivity (Wildman–Crippen MR) is 48.2 cm³/mol. The zero-order valence-electron chi connectivity index (χ0n) is 7.01. The number of rotatable bonds is 1. The first-order valence-electron chi connectivity index (χ1n) is 3.67. The van der Waals surface area contributed by atoms with Crippen LogP contribution in [0.5, 0.6) is 0 Å². The minimum Gasteiger partial charge on any atom is -0.347 e. The summed E-state index contributed by atoms with van der Waals surface area (Å²) in [7, 11) is 0. The summed E-state index contributed by atoms with van der Waals surface area (Å²) in [6.45, 7) is 6.17. The van der Waals surface area contributed by atoms with Gasteiger partial charge in [0.05, 0.1) is 0 Å². The summed E-state index contributed by atoms with van der Waals surface area (Å²) in [5, 5.41) is 0. The van der Waals surface area contributed by atoms with Crippen LogP contribution in [0.1, 0.15) is 31.3 Å². The van der Waals surface area contributed by atoms with Crippen molar-refractivity contribution in [2.75, 3.05) is 0 Å². The quantitative estimate of drug-likeness (QED) is 0.653. The van der Waals surface area contributed by atoms with E-state index in [0.717, 1.165) is 11.5 Å². The van der Waals surface area contributed by atoms with Crippen molar-refractivity contribution in [2.24, 2.45) is 0 Å². The second-order valence-corrected chi connectivity index (χ2v) is 3.36. The SMILES string of the molecule is Cc1cc(=S)nc(C(C)C)[nH]1. The van der Waals surface area contributed by atoms with E-state index in [1.807, 2.05) is 13.0 Å². The molecule has 0 saturated heterocycles. The molecule has 0 saturated carbocycles. The fourth-order valence-electron chi connectivity index (χ4n) is 0.876. The zero-order chi connectivity index (χ0) is 8.43. The lowest BCUT2D eigenvalue weighted by molar-refractivity contribution is 0.763. The summed E-state index contributed by atoms with van der Waals surface area (Å²) in [5.74, 6) is 1.38. The van der Waals surface area contributed by atoms with Crippen molar-refractivity contribution in [1.82, 2.24) is 9.97 Å². The Morgan fingerprint density at radius 2 is 2.18 bits per heavy atom. The Kier molecular flexibility index (Phi) is 2.39. The molecule has 0 spiro atoms. The van der Waals surface area contributed by atoms with Gasteiger partial charge in [-0.2, -0.15) is 0 Å². The second kappa shape index (κ2) is 3.13. The standard InChI is InChI=1S/C8H12N2S/c1-5(2)8-9-6(3)4-7(11)10-8/h4-5H,1-3H3,(H,9,10,11). The molecular weight excluding hydrogens is 156 g/mol. The Labute approximate surface area is 71.7 Å². The normalized spacial score (nSPS) is 10.5. The molecule has 2 nitrogen and oxygen atoms in total. The van der Waals surface area contributed by atoms with Crippen molar-refractivity contribution in [2.45, 2.75) is 26.7 Å². The van der Waals surface area contributed by atoms with Gasteiger partial charge in [-0.15, -0.1) is 0 Å². The molecule has 0 radical (unpaired) electrons. The number of aromatic nitrogens is 2. The fourth-order valence-corrected chi connectivity index (χ4v) is 1.15. The van der Waals surface area contributed by atoms with Crippen molar-refractivity contribution < 1.29 is 0 Å². The van der Waals surface area contributed by atoms with Crippen molar-refractivity contribution in [1.29, 1.82) is 0 Å². The van der Waals surface area contributed by atoms with E-state index in [1.54, 1.807) is 0 Å². The van der Waals surface area contributed by atoms with E-state index >= 15 is 0 Å². The van der Waals surface area contributed by atoms with E-state index in [0.29, 0.717) is 10.6 Å². The lowest BCUT2D eigenvalue weighted by Crippen LogP contribution is -1.98. The van der Waals surface area contributed by atoms with Crippen LogP contribution in [0, 0.1) is 11.6 Å². The highest BCUT2D eigenvalue weighted by Gasteiger charge is 2.00. The topological polar surface area (TPSA) is 28.7 Å². The van der Waals surface area contributed by atoms with E-state index in [4.69, 9.17) is 12.2 Å². The van der Waals surface area contributed by atoms with Crippen LogP contribution in [0.2, 0.25) is 0 Å². The first kappa shape index (κ1) is 8.40. The smallest absolute Gasteiger partial charge is 0.129 e. The summed E-state index contributed by atoms with van der Waals surface area (Å²) in [4.78, 5) is 7.36. The molecule has 0 aliphatic rings. The molecule has 11 heavy (non-hydrogen) atoms. The maximum absolute atomic E-state index is 4.98. The molecule has 0 aromatic carbocycles. The average molecular weight is 168 g/mol. The number of H-pyrrole nitrogens is 1. The third kappa shape index (κ3) is 2.12. The number of aromatic amines is 1. The number of hydrogen-bond acceptors (Lipinski definition) is 2. The molecule has 1 N–H and O–H groups in total. The minimum atomic E-state index is 0.414. The Balaban J connectivity index is 3.19. The van der Waals surface area contributed by atoms with Crippen molar-refractivity contribution in [3.63, 3.8) is 0 Å². The summed E-state index contributed by atoms with van der Waals surface area (Å²) in [6.07, 6.45) is 0. The van der Waals surface area contributed by atoms with Gasteiger partial charge in [0.15, 0.2) is 0 Å². The van der Waals surface area contributed by atoms with Crippen LogP contribution >= 0.6 is 12.2 Å². The third-order valence-corrected chi connectivity index (χ3v) is 1.65. The molecule has 1 heterocycles. The van der Waals surface area contributed by atoms with E-state index in [-0.39, 0.29) is 0 Å². The summed E-state index contributed by atoms with van der Waals surface area (Å²) in [6, 6.07) is 1.86. The van der Waals surface area contributed by atoms with Gasteiger partial charge in [-0.05, 0) is 13.0 Å². The lowest BCUT2D eigenvalue weighted by atomic mass is 10.2. The predicted octanol–water partition coefficient (Wildman–Crippen LogP) is 2.57. The van der Waals surface area contributed by atoms with Crippen LogP contribution in [-0.2, 0) is 0 Å². The van der Waals surface area contributed by atoms with E-state index < -0.39 is 0 Å². The highest BCUT2D eigenvalue weighted by Crippen LogP contribution is 2.08. The third-order valence-electron chi connectivity index (χ3n) is 1.44. The van der Waals surface area contributed by atoms with Gasteiger partial charge in [0.25, 0.3) is 0 Å². The number of aryl methyl sites for hydroxylation is 1. The Bertz CT molecular complexity index is 301. The molecule has 0 aliphatic heterocycles. The average Bonchev–Trinajstić information content (AvgIpc) is 1.85. The molecule has 0 fully saturated rings. The highest BCUT2D eigenvalue weighted by molar-refractivity contribution is 7.71. The molecule has 0 unspecified atom stereocenters. The molecule has 1 rings (SSSR count). The van der Waals surface area contributed by atoms with E-state index in [2.05, 4.69) is 23.8 Å². The van der Waals surface area contributed by atoms with Crippen LogP contribution in [0.25, 0.3) is 0 Å². The number of nitrogens with one attached hydrogen (secondary N) is 1. The van der Waals surface area contributed by atoms with Crippen LogP contribution in [0.4, 0.5) is 0 Å². The zero-order valence-corrected chi connectivity index (χ0v) is 7.83. The maximum Gasteiger partial charge on any atom is 0.129 e. The van der Waals surface area contributed by atoms with Gasteiger partial charge < -0.3 is 4.98 Å². The van der Waals surface area contributed by atoms with Crippen molar-refractivity contribution in [3.05, 3.63) is 22.2 Å². The molecule has 1 aromatic heterocycles. The highest BCUT2D eigenvalue weighted by atomic mass is 32.1. The van der Waals surface area contributed by atoms with Crippen LogP contribution < -0.4 is 0 Å². The minimum absolute atomic E-state index is 0.414. The van der Waals surface area contributed by atoms with Gasteiger partial charge in [-0.3, -0.25) is 0 Å². The van der Waals surface area contributed by atoms with Crippen molar-refractivity contribution in [3.8, 4) is 0 Å². The molecule has 60 valence electrons. The van der Waals surface area contributed by atoms with Gasteiger partial charge in [0.1, 0.15) is 10.5 Å². The van der Waals surface area contributed by atoms with Crippen LogP contribution in [-0.4, -0.2) is 9.97 Å². The van der Waals surface area contributed by atoms with Gasteiger partial charge in [-0.1, -0.05) is 26.1 Å². The number of hydrogen-bond donors (Lipinski definition) is 1. The molecule has 0 aliphatic carbocycles. The summed E-state index contributed by atoms with van der Waals surface area (Å²) < 4.78 is 0.671. The number of nitrogens with zero attached hydrogens (tertiary/aromatic N) is 1. The van der Waals surface area contributed by atoms with Gasteiger partial charge in [0, 0.05) is 11.6 Å². The molecule has 0 bridgehead atoms. The van der Waals surface area contributed by atoms with Crippen LogP contribution in [0.3, 0.4) is 0 Å². The summed E-state index contributed by atoms with van der Waals surface area (Å²) >= 11 is 4.98. The molecule has 0 atom stereocenters. The Morgan fingerprint density at radius 3 is 2.64 bits per heavy atom. The Hall–Kier alpha value is -0.700. The monoisotopic (exact) mass is 168 g/mol. The van der Waals surface area contributed by atoms with E-state index in [9.17, 15) is 0 Å². The van der Waals surface area contributed by atoms with Crippen molar-refractivity contribution >= 4 is 12.2 Å². The largest absolute Gasteiger partial charge is 0.347 e. The maximum atomic E-state index is 4.98. The first-order chi connectivity index (χ1) is 5.09. The molecular formula is C8H12N2S. The van der Waals surface area contributed by atoms with Gasteiger partial charge >= 0.3 is 0 Å². The van der Waals surface area contributed by atoms with Crippen LogP contribution in [0.15, 0.2) is 6.07 Å². The second-order valence-electron chi connectivity index (χ2n) is 2.94. The molecule has 1 aromatic rings. The Morgan fingerprint density at radius 1 is 1.55 bits per heavy atom. The first-order valence-corrected chi connectivity index (χ1v) is 4.08. The van der Waals surface area contributed by atoms with Gasteiger partial charge in [-0.25, -0.2) is 4.98 Å². The lowest BCUT2D eigenvalue weighted by Gasteiger charge is -2.04. The summed E-state index contributed by atoms with van der Waals surface area (Å²) in [5.41, 5.74) is 1.08. The fraction of sp³-hybridized carbons (Fsp3) is 0.500. The molecule has 3 heteroatoms.